The number of fused-ring (bicyclic) bond motifs is 1. The number of nitro groups is 1. The monoisotopic (exact) mass is 364 g/mol. The minimum absolute atomic E-state index is 0.0444. The molecule has 7 heteroatoms. The van der Waals surface area contributed by atoms with Gasteiger partial charge in [0.15, 0.2) is 0 Å². The lowest BCUT2D eigenvalue weighted by Crippen LogP contribution is -2.15. The largest absolute Gasteiger partial charge is 0.417 e. The normalized spacial score (nSPS) is 10.4. The third-order valence-corrected chi connectivity index (χ3v) is 3.98. The maximum atomic E-state index is 12.8. The van der Waals surface area contributed by atoms with Crippen molar-refractivity contribution in [1.82, 2.24) is 0 Å². The summed E-state index contributed by atoms with van der Waals surface area (Å²) in [4.78, 5) is 35.1. The number of rotatable bonds is 5. The van der Waals surface area contributed by atoms with E-state index in [-0.39, 0.29) is 17.9 Å². The summed E-state index contributed by atoms with van der Waals surface area (Å²) in [5, 5.41) is 15.5. The average molecular weight is 364 g/mol. The Balaban J connectivity index is 2.01. The Morgan fingerprint density at radius 3 is 2.48 bits per heavy atom. The second-order valence-electron chi connectivity index (χ2n) is 5.72. The van der Waals surface area contributed by atoms with E-state index in [1.165, 1.54) is 18.2 Å². The van der Waals surface area contributed by atoms with Crippen molar-refractivity contribution in [3.63, 3.8) is 0 Å². The molecule has 0 aliphatic heterocycles. The number of para-hydroxylation sites is 1. The zero-order chi connectivity index (χ0) is 19.4. The maximum Gasteiger partial charge on any atom is 0.313 e. The van der Waals surface area contributed by atoms with Gasteiger partial charge in [-0.2, -0.15) is 0 Å². The topological polar surface area (TPSA) is 98.5 Å². The van der Waals surface area contributed by atoms with Gasteiger partial charge in [-0.1, -0.05) is 49.4 Å². The van der Waals surface area contributed by atoms with E-state index in [4.69, 9.17) is 4.74 Å². The number of nitro benzene ring substituents is 1. The van der Waals surface area contributed by atoms with Gasteiger partial charge < -0.3 is 10.1 Å². The summed E-state index contributed by atoms with van der Waals surface area (Å²) in [6.45, 7) is 1.57. The lowest BCUT2D eigenvalue weighted by molar-refractivity contribution is -0.385. The van der Waals surface area contributed by atoms with E-state index < -0.39 is 22.5 Å². The molecule has 1 amide bonds. The van der Waals surface area contributed by atoms with Crippen molar-refractivity contribution in [2.24, 2.45) is 0 Å². The van der Waals surface area contributed by atoms with Gasteiger partial charge in [-0.15, -0.1) is 0 Å². The quantitative estimate of drug-likeness (QED) is 0.315. The molecule has 0 aliphatic carbocycles. The van der Waals surface area contributed by atoms with Crippen LogP contribution in [0, 0.1) is 10.1 Å². The smallest absolute Gasteiger partial charge is 0.313 e. The first-order valence-electron chi connectivity index (χ1n) is 8.28. The lowest BCUT2D eigenvalue weighted by atomic mass is 10.0. The van der Waals surface area contributed by atoms with Crippen molar-refractivity contribution in [3.8, 4) is 5.75 Å². The lowest BCUT2D eigenvalue weighted by Gasteiger charge is -2.12. The van der Waals surface area contributed by atoms with Crippen molar-refractivity contribution in [1.29, 1.82) is 0 Å². The van der Waals surface area contributed by atoms with E-state index >= 15 is 0 Å². The number of nitrogens with one attached hydrogen (secondary N) is 1. The molecule has 0 aliphatic rings. The number of ether oxygens (including phenoxy) is 1. The van der Waals surface area contributed by atoms with E-state index in [1.54, 1.807) is 19.1 Å². The first kappa shape index (κ1) is 18.1. The standard InChI is InChI=1S/C20H16N2O5/c1-2-18(23)27-19-16(11-6-12-17(19)22(25)26)21-20(24)15-10-5-8-13-7-3-4-9-14(13)15/h3-12H,2H2,1H3,(H,21,24). The molecule has 0 spiro atoms. The van der Waals surface area contributed by atoms with E-state index in [0.717, 1.165) is 10.8 Å². The molecule has 0 aromatic heterocycles. The number of amides is 1. The molecule has 0 unspecified atom stereocenters. The molecule has 0 heterocycles. The number of hydrogen-bond donors (Lipinski definition) is 1. The van der Waals surface area contributed by atoms with Crippen LogP contribution in [0.15, 0.2) is 60.7 Å². The van der Waals surface area contributed by atoms with Gasteiger partial charge in [-0.3, -0.25) is 19.7 Å². The molecule has 136 valence electrons. The summed E-state index contributed by atoms with van der Waals surface area (Å²) in [5.41, 5.74) is 0.0730. The fraction of sp³-hybridized carbons (Fsp3) is 0.100. The van der Waals surface area contributed by atoms with Crippen LogP contribution in [0.2, 0.25) is 0 Å². The van der Waals surface area contributed by atoms with E-state index in [2.05, 4.69) is 5.32 Å². The third kappa shape index (κ3) is 3.77. The van der Waals surface area contributed by atoms with Crippen LogP contribution in [0.5, 0.6) is 5.75 Å². The third-order valence-electron chi connectivity index (χ3n) is 3.98. The molecule has 0 atom stereocenters. The van der Waals surface area contributed by atoms with Crippen LogP contribution in [-0.2, 0) is 4.79 Å². The number of nitrogens with zero attached hydrogens (tertiary/aromatic N) is 1. The molecule has 3 aromatic rings. The molecule has 7 nitrogen and oxygen atoms in total. The van der Waals surface area contributed by atoms with Gasteiger partial charge >= 0.3 is 11.7 Å². The number of esters is 1. The number of hydrogen-bond acceptors (Lipinski definition) is 5. The highest BCUT2D eigenvalue weighted by atomic mass is 16.6. The van der Waals surface area contributed by atoms with Crippen LogP contribution in [-0.4, -0.2) is 16.8 Å². The van der Waals surface area contributed by atoms with Crippen LogP contribution in [0.25, 0.3) is 10.8 Å². The first-order valence-corrected chi connectivity index (χ1v) is 8.28. The van der Waals surface area contributed by atoms with E-state index in [0.29, 0.717) is 5.56 Å². The highest BCUT2D eigenvalue weighted by molar-refractivity contribution is 6.13. The molecular formula is C20H16N2O5. The van der Waals surface area contributed by atoms with Crippen LogP contribution in [0.4, 0.5) is 11.4 Å². The van der Waals surface area contributed by atoms with Crippen molar-refractivity contribution >= 4 is 34.0 Å². The van der Waals surface area contributed by atoms with Crippen molar-refractivity contribution in [2.75, 3.05) is 5.32 Å². The predicted molar refractivity (Wildman–Crippen MR) is 101 cm³/mol. The molecule has 27 heavy (non-hydrogen) atoms. The molecule has 0 saturated carbocycles. The van der Waals surface area contributed by atoms with Gasteiger partial charge in [-0.05, 0) is 22.9 Å². The van der Waals surface area contributed by atoms with Crippen molar-refractivity contribution < 1.29 is 19.2 Å². The summed E-state index contributed by atoms with van der Waals surface area (Å²) in [5.74, 6) is -1.37. The molecule has 1 N–H and O–H groups in total. The summed E-state index contributed by atoms with van der Waals surface area (Å²) < 4.78 is 5.12. The number of carbonyl (C=O) groups is 2. The van der Waals surface area contributed by atoms with E-state index in [9.17, 15) is 19.7 Å². The van der Waals surface area contributed by atoms with Crippen LogP contribution in [0.1, 0.15) is 23.7 Å². The predicted octanol–water partition coefficient (Wildman–Crippen LogP) is 4.32. The molecule has 3 aromatic carbocycles. The SMILES string of the molecule is CCC(=O)Oc1c(NC(=O)c2cccc3ccccc23)cccc1[N+](=O)[O-]. The van der Waals surface area contributed by atoms with Gasteiger partial charge in [0.25, 0.3) is 5.91 Å². The van der Waals surface area contributed by atoms with Crippen molar-refractivity contribution in [2.45, 2.75) is 13.3 Å². The highest BCUT2D eigenvalue weighted by Crippen LogP contribution is 2.35. The van der Waals surface area contributed by atoms with Gasteiger partial charge in [0.2, 0.25) is 5.75 Å². The second kappa shape index (κ2) is 7.65. The van der Waals surface area contributed by atoms with Gasteiger partial charge in [-0.25, -0.2) is 0 Å². The Kier molecular flexibility index (Phi) is 5.12. The zero-order valence-electron chi connectivity index (χ0n) is 14.5. The maximum absolute atomic E-state index is 12.8. The highest BCUT2D eigenvalue weighted by Gasteiger charge is 2.23. The summed E-state index contributed by atoms with van der Waals surface area (Å²) in [6, 6.07) is 16.8. The fourth-order valence-corrected chi connectivity index (χ4v) is 2.67. The fourth-order valence-electron chi connectivity index (χ4n) is 2.67. The molecule has 0 radical (unpaired) electrons. The van der Waals surface area contributed by atoms with Gasteiger partial charge in [0, 0.05) is 18.1 Å². The Morgan fingerprint density at radius 2 is 1.74 bits per heavy atom. The number of carbonyl (C=O) groups excluding carboxylic acids is 2. The average Bonchev–Trinajstić information content (AvgIpc) is 2.68. The Hall–Kier alpha value is -3.74. The first-order chi connectivity index (χ1) is 13.0. The van der Waals surface area contributed by atoms with Crippen LogP contribution >= 0.6 is 0 Å². The minimum atomic E-state index is -0.661. The Bertz CT molecular complexity index is 1040. The molecule has 0 fully saturated rings. The Labute approximate surface area is 154 Å². The molecule has 0 saturated heterocycles. The van der Waals surface area contributed by atoms with Crippen LogP contribution < -0.4 is 10.1 Å². The Morgan fingerprint density at radius 1 is 1.04 bits per heavy atom. The molecule has 0 bridgehead atoms. The number of anilines is 1. The van der Waals surface area contributed by atoms with Gasteiger partial charge in [0.05, 0.1) is 10.6 Å². The van der Waals surface area contributed by atoms with Crippen molar-refractivity contribution in [3.05, 3.63) is 76.3 Å². The van der Waals surface area contributed by atoms with Gasteiger partial charge in [0.1, 0.15) is 0 Å². The molecular weight excluding hydrogens is 348 g/mol. The van der Waals surface area contributed by atoms with Crippen LogP contribution in [0.3, 0.4) is 0 Å². The summed E-state index contributed by atoms with van der Waals surface area (Å²) in [7, 11) is 0. The molecule has 3 rings (SSSR count). The number of benzene rings is 3. The minimum Gasteiger partial charge on any atom is -0.417 e. The zero-order valence-corrected chi connectivity index (χ0v) is 14.5. The second-order valence-corrected chi connectivity index (χ2v) is 5.72. The summed E-state index contributed by atoms with van der Waals surface area (Å²) >= 11 is 0. The summed E-state index contributed by atoms with van der Waals surface area (Å²) in [6.07, 6.45) is 0.0444. The van der Waals surface area contributed by atoms with E-state index in [1.807, 2.05) is 30.3 Å².